The lowest BCUT2D eigenvalue weighted by Gasteiger charge is -2.11. The van der Waals surface area contributed by atoms with E-state index in [0.717, 1.165) is 18.2 Å². The van der Waals surface area contributed by atoms with E-state index in [1.807, 2.05) is 0 Å². The summed E-state index contributed by atoms with van der Waals surface area (Å²) in [5.74, 6) is -4.14. The van der Waals surface area contributed by atoms with Crippen LogP contribution in [0, 0.1) is 23.3 Å². The van der Waals surface area contributed by atoms with Crippen molar-refractivity contribution in [1.82, 2.24) is 0 Å². The fraction of sp³-hybridized carbons (Fsp3) is 0.176. The van der Waals surface area contributed by atoms with Crippen molar-refractivity contribution in [2.75, 3.05) is 0 Å². The van der Waals surface area contributed by atoms with Crippen LogP contribution in [0.15, 0.2) is 35.2 Å². The fourth-order valence-electron chi connectivity index (χ4n) is 3.02. The molecule has 0 bridgehead atoms. The Kier molecular flexibility index (Phi) is 4.42. The molecule has 0 fully saturated rings. The molecule has 1 aliphatic rings. The highest BCUT2D eigenvalue weighted by Gasteiger charge is 2.24. The van der Waals surface area contributed by atoms with Crippen molar-refractivity contribution in [2.45, 2.75) is 24.2 Å². The molecule has 0 saturated heterocycles. The zero-order chi connectivity index (χ0) is 18.4. The van der Waals surface area contributed by atoms with E-state index in [2.05, 4.69) is 0 Å². The highest BCUT2D eigenvalue weighted by molar-refractivity contribution is 7.89. The van der Waals surface area contributed by atoms with Gasteiger partial charge in [0, 0.05) is 5.56 Å². The molecule has 2 aromatic carbocycles. The molecule has 0 saturated carbocycles. The maximum absolute atomic E-state index is 14.4. The number of allylic oxidation sites excluding steroid dienone is 2. The van der Waals surface area contributed by atoms with Crippen LogP contribution >= 0.6 is 0 Å². The minimum atomic E-state index is -4.39. The van der Waals surface area contributed by atoms with Crippen LogP contribution in [0.5, 0.6) is 0 Å². The molecule has 2 N–H and O–H groups in total. The zero-order valence-corrected chi connectivity index (χ0v) is 13.6. The lowest BCUT2D eigenvalue weighted by atomic mass is 9.96. The van der Waals surface area contributed by atoms with E-state index in [1.54, 1.807) is 0 Å². The fourth-order valence-corrected chi connectivity index (χ4v) is 3.62. The van der Waals surface area contributed by atoms with Crippen molar-refractivity contribution < 1.29 is 26.0 Å². The highest BCUT2D eigenvalue weighted by Crippen LogP contribution is 2.41. The Morgan fingerprint density at radius 2 is 1.48 bits per heavy atom. The van der Waals surface area contributed by atoms with E-state index in [0.29, 0.717) is 42.0 Å². The number of benzene rings is 2. The molecule has 0 aliphatic heterocycles. The van der Waals surface area contributed by atoms with E-state index in [-0.39, 0.29) is 5.56 Å². The minimum Gasteiger partial charge on any atom is -0.225 e. The van der Waals surface area contributed by atoms with Gasteiger partial charge in [-0.3, -0.25) is 0 Å². The molecule has 0 amide bonds. The van der Waals surface area contributed by atoms with Crippen molar-refractivity contribution in [3.63, 3.8) is 0 Å². The number of hydrogen-bond donors (Lipinski definition) is 1. The van der Waals surface area contributed by atoms with E-state index >= 15 is 0 Å². The predicted octanol–water partition coefficient (Wildman–Crippen LogP) is 3.99. The Hall–Kier alpha value is -2.19. The second-order valence-corrected chi connectivity index (χ2v) is 7.28. The van der Waals surface area contributed by atoms with Gasteiger partial charge in [0.05, 0.1) is 0 Å². The van der Waals surface area contributed by atoms with Gasteiger partial charge in [-0.1, -0.05) is 6.07 Å². The van der Waals surface area contributed by atoms with Gasteiger partial charge in [-0.15, -0.1) is 0 Å². The van der Waals surface area contributed by atoms with Gasteiger partial charge in [0.2, 0.25) is 10.0 Å². The van der Waals surface area contributed by atoms with Crippen LogP contribution in [0.4, 0.5) is 17.6 Å². The summed E-state index contributed by atoms with van der Waals surface area (Å²) in [6, 6.07) is 4.65. The Morgan fingerprint density at radius 3 is 2.12 bits per heavy atom. The van der Waals surface area contributed by atoms with Crippen LogP contribution in [0.3, 0.4) is 0 Å². The molecule has 0 heterocycles. The topological polar surface area (TPSA) is 60.2 Å². The van der Waals surface area contributed by atoms with Crippen LogP contribution in [-0.2, 0) is 10.0 Å². The van der Waals surface area contributed by atoms with Gasteiger partial charge in [0.1, 0.15) is 16.5 Å². The lowest BCUT2D eigenvalue weighted by molar-refractivity contribution is 0.508. The molecule has 3 rings (SSSR count). The Bertz CT molecular complexity index is 1000. The maximum atomic E-state index is 14.4. The second-order valence-electron chi connectivity index (χ2n) is 5.75. The smallest absolute Gasteiger partial charge is 0.225 e. The quantitative estimate of drug-likeness (QED) is 0.830. The summed E-state index contributed by atoms with van der Waals surface area (Å²) >= 11 is 0. The van der Waals surface area contributed by atoms with Crippen LogP contribution < -0.4 is 5.14 Å². The van der Waals surface area contributed by atoms with Gasteiger partial charge in [0.25, 0.3) is 0 Å². The van der Waals surface area contributed by atoms with Crippen molar-refractivity contribution in [2.24, 2.45) is 5.14 Å². The summed E-state index contributed by atoms with van der Waals surface area (Å²) in [5.41, 5.74) is 1.27. The third-order valence-corrected chi connectivity index (χ3v) is 5.07. The third-order valence-electron chi connectivity index (χ3n) is 4.14. The molecule has 25 heavy (non-hydrogen) atoms. The molecule has 0 unspecified atom stereocenters. The van der Waals surface area contributed by atoms with Crippen molar-refractivity contribution in [1.29, 1.82) is 0 Å². The molecule has 2 aromatic rings. The average molecular weight is 371 g/mol. The monoisotopic (exact) mass is 371 g/mol. The van der Waals surface area contributed by atoms with Gasteiger partial charge < -0.3 is 0 Å². The van der Waals surface area contributed by atoms with E-state index in [9.17, 15) is 26.0 Å². The number of halogens is 4. The standard InChI is InChI=1S/C17H13F4NO2S/c18-13-5-4-9(6-15(13)20)10-2-1-3-11(10)12-7-16(21)17(8-14(12)19)25(22,23)24/h4-8H,1-3H2,(H2,22,23,24). The number of sulfonamides is 1. The molecule has 132 valence electrons. The average Bonchev–Trinajstić information content (AvgIpc) is 3.00. The van der Waals surface area contributed by atoms with Crippen molar-refractivity contribution >= 4 is 21.2 Å². The first-order chi connectivity index (χ1) is 11.7. The van der Waals surface area contributed by atoms with E-state index < -0.39 is 38.2 Å². The summed E-state index contributed by atoms with van der Waals surface area (Å²) in [6.45, 7) is 0. The van der Waals surface area contributed by atoms with Gasteiger partial charge in [-0.05, 0) is 60.2 Å². The summed E-state index contributed by atoms with van der Waals surface area (Å²) < 4.78 is 77.6. The maximum Gasteiger partial charge on any atom is 0.241 e. The first-order valence-electron chi connectivity index (χ1n) is 7.38. The van der Waals surface area contributed by atoms with E-state index in [4.69, 9.17) is 5.14 Å². The summed E-state index contributed by atoms with van der Waals surface area (Å²) in [6.07, 6.45) is 1.51. The lowest BCUT2D eigenvalue weighted by Crippen LogP contribution is -2.15. The molecule has 8 heteroatoms. The molecule has 3 nitrogen and oxygen atoms in total. The van der Waals surface area contributed by atoms with Crippen LogP contribution in [-0.4, -0.2) is 8.42 Å². The van der Waals surface area contributed by atoms with Crippen LogP contribution in [0.1, 0.15) is 30.4 Å². The molecular weight excluding hydrogens is 358 g/mol. The largest absolute Gasteiger partial charge is 0.241 e. The number of primary sulfonamides is 1. The Labute approximate surface area is 141 Å². The predicted molar refractivity (Wildman–Crippen MR) is 84.8 cm³/mol. The van der Waals surface area contributed by atoms with Crippen molar-refractivity contribution in [3.8, 4) is 0 Å². The molecule has 0 spiro atoms. The minimum absolute atomic E-state index is 0.109. The highest BCUT2D eigenvalue weighted by atomic mass is 32.2. The normalized spacial score (nSPS) is 15.1. The Balaban J connectivity index is 2.17. The summed E-state index contributed by atoms with van der Waals surface area (Å²) in [7, 11) is -4.39. The molecule has 0 atom stereocenters. The number of nitrogens with two attached hydrogens (primary N) is 1. The first-order valence-corrected chi connectivity index (χ1v) is 8.93. The SMILES string of the molecule is NS(=O)(=O)c1cc(F)c(C2=C(c3ccc(F)c(F)c3)CCC2)cc1F. The third kappa shape index (κ3) is 3.32. The number of hydrogen-bond acceptors (Lipinski definition) is 2. The molecule has 1 aliphatic carbocycles. The van der Waals surface area contributed by atoms with Gasteiger partial charge >= 0.3 is 0 Å². The summed E-state index contributed by atoms with van der Waals surface area (Å²) in [4.78, 5) is -0.929. The van der Waals surface area contributed by atoms with Gasteiger partial charge in [-0.25, -0.2) is 31.1 Å². The number of rotatable bonds is 3. The zero-order valence-electron chi connectivity index (χ0n) is 12.8. The van der Waals surface area contributed by atoms with Gasteiger partial charge in [-0.2, -0.15) is 0 Å². The molecule has 0 radical (unpaired) electrons. The second kappa shape index (κ2) is 6.27. The summed E-state index contributed by atoms with van der Waals surface area (Å²) in [5, 5.41) is 4.86. The van der Waals surface area contributed by atoms with Crippen LogP contribution in [0.2, 0.25) is 0 Å². The van der Waals surface area contributed by atoms with Crippen LogP contribution in [0.25, 0.3) is 11.1 Å². The molecule has 0 aromatic heterocycles. The van der Waals surface area contributed by atoms with Crippen molar-refractivity contribution in [3.05, 3.63) is 64.7 Å². The Morgan fingerprint density at radius 1 is 0.800 bits per heavy atom. The van der Waals surface area contributed by atoms with Gasteiger partial charge in [0.15, 0.2) is 11.6 Å². The first kappa shape index (κ1) is 17.6. The molecular formula is C17H13F4NO2S. The van der Waals surface area contributed by atoms with E-state index in [1.165, 1.54) is 6.07 Å².